The van der Waals surface area contributed by atoms with Crippen molar-refractivity contribution in [3.05, 3.63) is 64.5 Å². The Labute approximate surface area is 133 Å². The molecule has 0 aliphatic heterocycles. The highest BCUT2D eigenvalue weighted by Gasteiger charge is 2.16. The van der Waals surface area contributed by atoms with Crippen LogP contribution in [0.3, 0.4) is 0 Å². The molecule has 0 radical (unpaired) electrons. The van der Waals surface area contributed by atoms with E-state index >= 15 is 0 Å². The van der Waals surface area contributed by atoms with Crippen LogP contribution < -0.4 is 10.3 Å². The first kappa shape index (κ1) is 15.2. The zero-order valence-corrected chi connectivity index (χ0v) is 13.2. The monoisotopic (exact) mass is 312 g/mol. The Morgan fingerprint density at radius 1 is 1.17 bits per heavy atom. The Morgan fingerprint density at radius 3 is 2.57 bits per heavy atom. The molecule has 0 amide bonds. The van der Waals surface area contributed by atoms with E-state index in [-0.39, 0.29) is 17.2 Å². The summed E-state index contributed by atoms with van der Waals surface area (Å²) in [4.78, 5) is 17.5. The van der Waals surface area contributed by atoms with E-state index in [1.165, 1.54) is 23.8 Å². The predicted octanol–water partition coefficient (Wildman–Crippen LogP) is 3.66. The van der Waals surface area contributed by atoms with Gasteiger partial charge in [0.05, 0.1) is 23.7 Å². The fourth-order valence-corrected chi connectivity index (χ4v) is 2.58. The molecule has 0 bridgehead atoms. The maximum absolute atomic E-state index is 14.1. The van der Waals surface area contributed by atoms with E-state index in [0.29, 0.717) is 22.4 Å². The van der Waals surface area contributed by atoms with E-state index in [4.69, 9.17) is 4.74 Å². The van der Waals surface area contributed by atoms with Gasteiger partial charge in [0.1, 0.15) is 5.82 Å². The molecule has 4 nitrogen and oxygen atoms in total. The summed E-state index contributed by atoms with van der Waals surface area (Å²) in [6.45, 7) is 3.90. The van der Waals surface area contributed by atoms with E-state index in [1.54, 1.807) is 18.2 Å². The smallest absolute Gasteiger partial charge is 0.265 e. The molecule has 118 valence electrons. The molecule has 1 aromatic heterocycles. The average molecular weight is 312 g/mol. The van der Waals surface area contributed by atoms with Crippen molar-refractivity contribution in [2.24, 2.45) is 0 Å². The van der Waals surface area contributed by atoms with Crippen LogP contribution in [-0.2, 0) is 0 Å². The highest BCUT2D eigenvalue weighted by Crippen LogP contribution is 2.23. The first-order valence-corrected chi connectivity index (χ1v) is 7.38. The minimum Gasteiger partial charge on any atom is -0.494 e. The number of halogens is 1. The largest absolute Gasteiger partial charge is 0.494 e. The van der Waals surface area contributed by atoms with Gasteiger partial charge in [-0.2, -0.15) is 0 Å². The van der Waals surface area contributed by atoms with Crippen LogP contribution in [0.4, 0.5) is 4.39 Å². The van der Waals surface area contributed by atoms with Gasteiger partial charge >= 0.3 is 0 Å². The van der Waals surface area contributed by atoms with Crippen molar-refractivity contribution < 1.29 is 9.13 Å². The van der Waals surface area contributed by atoms with Gasteiger partial charge in [-0.15, -0.1) is 0 Å². The lowest BCUT2D eigenvalue weighted by Gasteiger charge is -2.16. The lowest BCUT2D eigenvalue weighted by molar-refractivity contribution is 0.386. The number of nitrogens with zero attached hydrogens (tertiary/aromatic N) is 2. The molecular weight excluding hydrogens is 295 g/mol. The Morgan fingerprint density at radius 2 is 1.91 bits per heavy atom. The minimum absolute atomic E-state index is 0.0115. The third-order valence-corrected chi connectivity index (χ3v) is 3.71. The van der Waals surface area contributed by atoms with E-state index in [9.17, 15) is 9.18 Å². The van der Waals surface area contributed by atoms with Crippen molar-refractivity contribution in [2.45, 2.75) is 19.8 Å². The van der Waals surface area contributed by atoms with Crippen molar-refractivity contribution >= 4 is 10.9 Å². The molecular formula is C18H17FN2O2. The van der Waals surface area contributed by atoms with Gasteiger partial charge in [0.25, 0.3) is 5.56 Å². The summed E-state index contributed by atoms with van der Waals surface area (Å²) in [6.07, 6.45) is 0. The number of aromatic nitrogens is 2. The molecule has 3 rings (SSSR count). The van der Waals surface area contributed by atoms with E-state index < -0.39 is 5.82 Å². The van der Waals surface area contributed by atoms with Crippen LogP contribution in [0, 0.1) is 5.82 Å². The van der Waals surface area contributed by atoms with Gasteiger partial charge in [0.15, 0.2) is 11.6 Å². The summed E-state index contributed by atoms with van der Waals surface area (Å²) < 4.78 is 20.5. The Hall–Kier alpha value is -2.69. The lowest BCUT2D eigenvalue weighted by Crippen LogP contribution is -2.24. The normalized spacial score (nSPS) is 11.2. The van der Waals surface area contributed by atoms with Crippen molar-refractivity contribution in [1.29, 1.82) is 0 Å². The number of methoxy groups -OCH3 is 1. The molecule has 0 saturated carbocycles. The van der Waals surface area contributed by atoms with Crippen LogP contribution >= 0.6 is 0 Å². The zero-order chi connectivity index (χ0) is 16.6. The lowest BCUT2D eigenvalue weighted by atomic mass is 10.1. The molecule has 5 heteroatoms. The Kier molecular flexibility index (Phi) is 3.86. The van der Waals surface area contributed by atoms with Gasteiger partial charge in [-0.05, 0) is 24.3 Å². The van der Waals surface area contributed by atoms with Gasteiger partial charge in [-0.25, -0.2) is 9.37 Å². The van der Waals surface area contributed by atoms with E-state index in [1.807, 2.05) is 26.0 Å². The Bertz CT molecular complexity index is 932. The first-order chi connectivity index (χ1) is 11.0. The highest BCUT2D eigenvalue weighted by atomic mass is 19.1. The maximum Gasteiger partial charge on any atom is 0.265 e. The van der Waals surface area contributed by atoms with Crippen LogP contribution in [0.25, 0.3) is 16.6 Å². The summed E-state index contributed by atoms with van der Waals surface area (Å²) in [5.41, 5.74) is 0.880. The highest BCUT2D eigenvalue weighted by molar-refractivity contribution is 5.77. The summed E-state index contributed by atoms with van der Waals surface area (Å²) in [6, 6.07) is 11.6. The molecule has 0 N–H and O–H groups in total. The number of para-hydroxylation sites is 1. The molecule has 3 aromatic rings. The van der Waals surface area contributed by atoms with Gasteiger partial charge in [0, 0.05) is 12.0 Å². The standard InChI is InChI=1S/C18H17FN2O2/c1-11(2)17-20-15-7-5-4-6-13(15)18(22)21(17)12-8-9-16(23-3)14(19)10-12/h4-11H,1-3H3. The van der Waals surface area contributed by atoms with Gasteiger partial charge in [-0.3, -0.25) is 9.36 Å². The first-order valence-electron chi connectivity index (χ1n) is 7.38. The second kappa shape index (κ2) is 5.83. The molecule has 0 spiro atoms. The molecule has 0 aliphatic carbocycles. The quantitative estimate of drug-likeness (QED) is 0.741. The number of rotatable bonds is 3. The second-order valence-corrected chi connectivity index (χ2v) is 5.60. The van der Waals surface area contributed by atoms with Crippen molar-refractivity contribution in [2.75, 3.05) is 7.11 Å². The molecule has 0 saturated heterocycles. The Balaban J connectivity index is 2.35. The SMILES string of the molecule is COc1ccc(-n2c(C(C)C)nc3ccccc3c2=O)cc1F. The average Bonchev–Trinajstić information content (AvgIpc) is 2.54. The van der Waals surface area contributed by atoms with Crippen LogP contribution in [0.1, 0.15) is 25.6 Å². The van der Waals surface area contributed by atoms with Crippen molar-refractivity contribution in [1.82, 2.24) is 9.55 Å². The number of hydrogen-bond acceptors (Lipinski definition) is 3. The summed E-state index contributed by atoms with van der Waals surface area (Å²) in [5, 5.41) is 0.508. The molecule has 0 aliphatic rings. The fourth-order valence-electron chi connectivity index (χ4n) is 2.58. The minimum atomic E-state index is -0.514. The number of fused-ring (bicyclic) bond motifs is 1. The van der Waals surface area contributed by atoms with Gasteiger partial charge in [0.2, 0.25) is 0 Å². The molecule has 2 aromatic carbocycles. The number of ether oxygens (including phenoxy) is 1. The van der Waals surface area contributed by atoms with E-state index in [2.05, 4.69) is 4.98 Å². The zero-order valence-electron chi connectivity index (χ0n) is 13.2. The number of hydrogen-bond donors (Lipinski definition) is 0. The maximum atomic E-state index is 14.1. The molecule has 1 heterocycles. The van der Waals surface area contributed by atoms with E-state index in [0.717, 1.165) is 0 Å². The molecule has 0 fully saturated rings. The predicted molar refractivity (Wildman–Crippen MR) is 87.9 cm³/mol. The van der Waals surface area contributed by atoms with Gasteiger partial charge in [-0.1, -0.05) is 26.0 Å². The topological polar surface area (TPSA) is 44.1 Å². The summed E-state index contributed by atoms with van der Waals surface area (Å²) in [7, 11) is 1.40. The van der Waals surface area contributed by atoms with Crippen molar-refractivity contribution in [3.8, 4) is 11.4 Å². The van der Waals surface area contributed by atoms with Gasteiger partial charge < -0.3 is 4.74 Å². The second-order valence-electron chi connectivity index (χ2n) is 5.60. The third-order valence-electron chi connectivity index (χ3n) is 3.71. The van der Waals surface area contributed by atoms with Crippen molar-refractivity contribution in [3.63, 3.8) is 0 Å². The summed E-state index contributed by atoms with van der Waals surface area (Å²) >= 11 is 0. The summed E-state index contributed by atoms with van der Waals surface area (Å²) in [5.74, 6) is 0.233. The van der Waals surface area contributed by atoms with Crippen LogP contribution in [0.15, 0.2) is 47.3 Å². The molecule has 0 unspecified atom stereocenters. The van der Waals surface area contributed by atoms with Crippen LogP contribution in [0.5, 0.6) is 5.75 Å². The molecule has 0 atom stereocenters. The van der Waals surface area contributed by atoms with Crippen LogP contribution in [-0.4, -0.2) is 16.7 Å². The fraction of sp³-hybridized carbons (Fsp3) is 0.222. The van der Waals surface area contributed by atoms with Crippen LogP contribution in [0.2, 0.25) is 0 Å². The molecule has 23 heavy (non-hydrogen) atoms. The number of benzene rings is 2. The third kappa shape index (κ3) is 2.59.